The van der Waals surface area contributed by atoms with E-state index in [0.29, 0.717) is 6.42 Å². The molecule has 0 heterocycles. The molecular formula is C16H27N3O2. The van der Waals surface area contributed by atoms with Crippen molar-refractivity contribution in [1.82, 2.24) is 5.32 Å². The van der Waals surface area contributed by atoms with Crippen molar-refractivity contribution < 1.29 is 9.94 Å². The zero-order chi connectivity index (χ0) is 15.3. The average Bonchev–Trinajstić information content (AvgIpc) is 2.53. The second kappa shape index (κ2) is 11.1. The number of nitrogens with one attached hydrogen (secondary N) is 1. The molecule has 0 aliphatic carbocycles. The second-order valence-corrected chi connectivity index (χ2v) is 5.03. The molecule has 1 aromatic carbocycles. The largest absolute Gasteiger partial charge is 0.409 e. The summed E-state index contributed by atoms with van der Waals surface area (Å²) in [5, 5.41) is 15.2. The first-order chi connectivity index (χ1) is 10.3. The summed E-state index contributed by atoms with van der Waals surface area (Å²) in [5.74, 6) is 0.232. The van der Waals surface area contributed by atoms with E-state index in [1.807, 2.05) is 30.3 Å². The molecule has 0 bridgehead atoms. The van der Waals surface area contributed by atoms with Gasteiger partial charge in [-0.3, -0.25) is 0 Å². The number of unbranched alkanes of at least 4 members (excludes halogenated alkanes) is 1. The van der Waals surface area contributed by atoms with E-state index >= 15 is 0 Å². The number of amidine groups is 1. The number of oxime groups is 1. The summed E-state index contributed by atoms with van der Waals surface area (Å²) in [4.78, 5) is 0. The predicted molar refractivity (Wildman–Crippen MR) is 85.6 cm³/mol. The van der Waals surface area contributed by atoms with Crippen molar-refractivity contribution in [3.63, 3.8) is 0 Å². The maximum atomic E-state index is 8.74. The average molecular weight is 293 g/mol. The SMILES string of the molecule is CCCCOCCCNC(C/C(N)=N/O)c1ccccc1. The highest BCUT2D eigenvalue weighted by atomic mass is 16.5. The molecule has 0 amide bonds. The lowest BCUT2D eigenvalue weighted by molar-refractivity contribution is 0.128. The van der Waals surface area contributed by atoms with Gasteiger partial charge in [-0.15, -0.1) is 0 Å². The zero-order valence-electron chi connectivity index (χ0n) is 12.8. The van der Waals surface area contributed by atoms with Crippen LogP contribution in [0.1, 0.15) is 44.2 Å². The Morgan fingerprint density at radius 2 is 2.00 bits per heavy atom. The van der Waals surface area contributed by atoms with Crippen LogP contribution in [-0.4, -0.2) is 30.8 Å². The molecular weight excluding hydrogens is 266 g/mol. The van der Waals surface area contributed by atoms with Crippen molar-refractivity contribution in [2.24, 2.45) is 10.9 Å². The van der Waals surface area contributed by atoms with Gasteiger partial charge in [-0.05, 0) is 24.9 Å². The van der Waals surface area contributed by atoms with Crippen LogP contribution >= 0.6 is 0 Å². The fourth-order valence-electron chi connectivity index (χ4n) is 2.04. The molecule has 5 nitrogen and oxygen atoms in total. The first kappa shape index (κ1) is 17.5. The van der Waals surface area contributed by atoms with Gasteiger partial charge in [0.15, 0.2) is 0 Å². The van der Waals surface area contributed by atoms with E-state index in [-0.39, 0.29) is 11.9 Å². The number of nitrogens with zero attached hydrogens (tertiary/aromatic N) is 1. The van der Waals surface area contributed by atoms with Crippen LogP contribution in [0.5, 0.6) is 0 Å². The Bertz CT molecular complexity index is 396. The molecule has 1 unspecified atom stereocenters. The fourth-order valence-corrected chi connectivity index (χ4v) is 2.04. The lowest BCUT2D eigenvalue weighted by atomic mass is 10.0. The quantitative estimate of drug-likeness (QED) is 0.193. The van der Waals surface area contributed by atoms with E-state index in [1.54, 1.807) is 0 Å². The van der Waals surface area contributed by atoms with Crippen molar-refractivity contribution in [2.45, 2.75) is 38.6 Å². The van der Waals surface area contributed by atoms with Gasteiger partial charge >= 0.3 is 0 Å². The van der Waals surface area contributed by atoms with Gasteiger partial charge in [0, 0.05) is 25.7 Å². The highest BCUT2D eigenvalue weighted by Crippen LogP contribution is 2.16. The number of nitrogens with two attached hydrogens (primary N) is 1. The van der Waals surface area contributed by atoms with Crippen molar-refractivity contribution in [1.29, 1.82) is 0 Å². The molecule has 0 aliphatic heterocycles. The molecule has 1 aromatic rings. The minimum absolute atomic E-state index is 0.0535. The van der Waals surface area contributed by atoms with E-state index < -0.39 is 0 Å². The van der Waals surface area contributed by atoms with Gasteiger partial charge in [-0.2, -0.15) is 0 Å². The molecule has 118 valence electrons. The smallest absolute Gasteiger partial charge is 0.141 e. The molecule has 0 fully saturated rings. The van der Waals surface area contributed by atoms with Crippen molar-refractivity contribution >= 4 is 5.84 Å². The Labute approximate surface area is 127 Å². The minimum Gasteiger partial charge on any atom is -0.409 e. The van der Waals surface area contributed by atoms with Gasteiger partial charge in [-0.25, -0.2) is 0 Å². The monoisotopic (exact) mass is 293 g/mol. The Morgan fingerprint density at radius 3 is 2.67 bits per heavy atom. The van der Waals surface area contributed by atoms with Gasteiger partial charge < -0.3 is 21.0 Å². The van der Waals surface area contributed by atoms with Crippen LogP contribution in [-0.2, 0) is 4.74 Å². The standard InChI is InChI=1S/C16H27N3O2/c1-2-3-11-21-12-7-10-18-15(13-16(17)19-20)14-8-5-4-6-9-14/h4-6,8-9,15,18,20H,2-3,7,10-13H2,1H3,(H2,17,19). The van der Waals surface area contributed by atoms with Gasteiger partial charge in [0.1, 0.15) is 5.84 Å². The van der Waals surface area contributed by atoms with Crippen molar-refractivity contribution in [3.05, 3.63) is 35.9 Å². The molecule has 1 rings (SSSR count). The third-order valence-electron chi connectivity index (χ3n) is 3.24. The summed E-state index contributed by atoms with van der Waals surface area (Å²) >= 11 is 0. The van der Waals surface area contributed by atoms with Gasteiger partial charge in [0.2, 0.25) is 0 Å². The number of ether oxygens (including phenoxy) is 1. The van der Waals surface area contributed by atoms with Crippen LogP contribution in [0.25, 0.3) is 0 Å². The summed E-state index contributed by atoms with van der Waals surface area (Å²) in [6.45, 7) is 4.59. The normalized spacial score (nSPS) is 13.3. The lowest BCUT2D eigenvalue weighted by Crippen LogP contribution is -2.28. The molecule has 0 radical (unpaired) electrons. The Hall–Kier alpha value is -1.59. The van der Waals surface area contributed by atoms with Crippen LogP contribution in [0.4, 0.5) is 0 Å². The van der Waals surface area contributed by atoms with E-state index in [0.717, 1.165) is 44.6 Å². The number of hydrogen-bond acceptors (Lipinski definition) is 4. The van der Waals surface area contributed by atoms with Gasteiger partial charge in [-0.1, -0.05) is 48.8 Å². The Balaban J connectivity index is 2.36. The molecule has 1 atom stereocenters. The molecule has 21 heavy (non-hydrogen) atoms. The summed E-state index contributed by atoms with van der Waals surface area (Å²) < 4.78 is 5.54. The van der Waals surface area contributed by atoms with Crippen molar-refractivity contribution in [3.8, 4) is 0 Å². The summed E-state index contributed by atoms with van der Waals surface area (Å²) in [6.07, 6.45) is 3.71. The van der Waals surface area contributed by atoms with Crippen LogP contribution in [0, 0.1) is 0 Å². The van der Waals surface area contributed by atoms with Gasteiger partial charge in [0.25, 0.3) is 0 Å². The van der Waals surface area contributed by atoms with Crippen LogP contribution in [0.2, 0.25) is 0 Å². The summed E-state index contributed by atoms with van der Waals surface area (Å²) in [5.41, 5.74) is 6.77. The van der Waals surface area contributed by atoms with Crippen LogP contribution < -0.4 is 11.1 Å². The van der Waals surface area contributed by atoms with E-state index in [2.05, 4.69) is 17.4 Å². The molecule has 0 saturated heterocycles. The second-order valence-electron chi connectivity index (χ2n) is 5.03. The summed E-state index contributed by atoms with van der Waals surface area (Å²) in [7, 11) is 0. The molecule has 5 heteroatoms. The summed E-state index contributed by atoms with van der Waals surface area (Å²) in [6, 6.07) is 10.1. The zero-order valence-corrected chi connectivity index (χ0v) is 12.8. The van der Waals surface area contributed by atoms with Crippen LogP contribution in [0.15, 0.2) is 35.5 Å². The molecule has 0 aliphatic rings. The van der Waals surface area contributed by atoms with Crippen LogP contribution in [0.3, 0.4) is 0 Å². The fraction of sp³-hybridized carbons (Fsp3) is 0.562. The third-order valence-corrected chi connectivity index (χ3v) is 3.24. The number of benzene rings is 1. The number of rotatable bonds is 11. The van der Waals surface area contributed by atoms with E-state index in [1.165, 1.54) is 0 Å². The number of hydrogen-bond donors (Lipinski definition) is 3. The van der Waals surface area contributed by atoms with E-state index in [4.69, 9.17) is 15.7 Å². The minimum atomic E-state index is 0.0535. The third kappa shape index (κ3) is 7.68. The molecule has 4 N–H and O–H groups in total. The first-order valence-electron chi connectivity index (χ1n) is 7.60. The maximum Gasteiger partial charge on any atom is 0.141 e. The molecule has 0 spiro atoms. The Kier molecular flexibility index (Phi) is 9.24. The maximum absolute atomic E-state index is 8.74. The molecule has 0 saturated carbocycles. The topological polar surface area (TPSA) is 79.9 Å². The highest BCUT2D eigenvalue weighted by Gasteiger charge is 2.12. The predicted octanol–water partition coefficient (Wildman–Crippen LogP) is 2.66. The first-order valence-corrected chi connectivity index (χ1v) is 7.60. The lowest BCUT2D eigenvalue weighted by Gasteiger charge is -2.18. The van der Waals surface area contributed by atoms with Crippen molar-refractivity contribution in [2.75, 3.05) is 19.8 Å². The van der Waals surface area contributed by atoms with E-state index in [9.17, 15) is 0 Å². The van der Waals surface area contributed by atoms with Gasteiger partial charge in [0.05, 0.1) is 0 Å². The highest BCUT2D eigenvalue weighted by molar-refractivity contribution is 5.80. The molecule has 0 aromatic heterocycles. The Morgan fingerprint density at radius 1 is 1.29 bits per heavy atom.